The van der Waals surface area contributed by atoms with Gasteiger partial charge in [0.15, 0.2) is 5.13 Å². The van der Waals surface area contributed by atoms with Gasteiger partial charge >= 0.3 is 0 Å². The van der Waals surface area contributed by atoms with Gasteiger partial charge in [-0.1, -0.05) is 17.4 Å². The van der Waals surface area contributed by atoms with E-state index in [1.165, 1.54) is 16.7 Å². The molecule has 4 heteroatoms. The Hall–Kier alpha value is -1.13. The van der Waals surface area contributed by atoms with Crippen LogP contribution in [0.15, 0.2) is 18.2 Å². The van der Waals surface area contributed by atoms with Crippen LogP contribution in [0.1, 0.15) is 24.8 Å². The Morgan fingerprint density at radius 3 is 2.94 bits per heavy atom. The van der Waals surface area contributed by atoms with Gasteiger partial charge in [0.2, 0.25) is 0 Å². The number of methoxy groups -OCH3 is 1. The summed E-state index contributed by atoms with van der Waals surface area (Å²) in [4.78, 5) is 4.60. The Morgan fingerprint density at radius 1 is 1.44 bits per heavy atom. The van der Waals surface area contributed by atoms with Crippen LogP contribution in [0.4, 0.5) is 5.13 Å². The van der Waals surface area contributed by atoms with E-state index in [1.54, 1.807) is 11.3 Å². The van der Waals surface area contributed by atoms with Gasteiger partial charge in [0, 0.05) is 13.7 Å². The minimum Gasteiger partial charge on any atom is -0.376 e. The first-order chi connectivity index (χ1) is 8.71. The van der Waals surface area contributed by atoms with Crippen LogP contribution in [0.3, 0.4) is 0 Å². The van der Waals surface area contributed by atoms with Gasteiger partial charge in [-0.15, -0.1) is 0 Å². The Morgan fingerprint density at radius 2 is 2.28 bits per heavy atom. The molecule has 1 heterocycles. The summed E-state index contributed by atoms with van der Waals surface area (Å²) in [6.07, 6.45) is 3.58. The maximum absolute atomic E-state index is 5.60. The van der Waals surface area contributed by atoms with Crippen LogP contribution in [0.2, 0.25) is 0 Å². The van der Waals surface area contributed by atoms with Crippen molar-refractivity contribution >= 4 is 26.7 Å². The minimum absolute atomic E-state index is 0.0494. The van der Waals surface area contributed by atoms with E-state index in [1.807, 2.05) is 7.11 Å². The zero-order valence-electron chi connectivity index (χ0n) is 10.8. The number of anilines is 1. The molecule has 1 fully saturated rings. The first-order valence-electron chi connectivity index (χ1n) is 6.37. The Kier molecular flexibility index (Phi) is 2.99. The lowest BCUT2D eigenvalue weighted by atomic mass is 9.80. The summed E-state index contributed by atoms with van der Waals surface area (Å²) in [5.74, 6) is 0. The maximum atomic E-state index is 5.60. The van der Waals surface area contributed by atoms with Crippen LogP contribution in [-0.2, 0) is 4.74 Å². The summed E-state index contributed by atoms with van der Waals surface area (Å²) in [6, 6.07) is 6.38. The number of rotatable bonds is 4. The van der Waals surface area contributed by atoms with Gasteiger partial charge in [0.1, 0.15) is 0 Å². The monoisotopic (exact) mass is 262 g/mol. The molecular formula is C14H18N2OS. The van der Waals surface area contributed by atoms with Crippen molar-refractivity contribution in [3.8, 4) is 0 Å². The molecule has 1 aliphatic carbocycles. The summed E-state index contributed by atoms with van der Waals surface area (Å²) in [6.45, 7) is 2.98. The predicted molar refractivity (Wildman–Crippen MR) is 76.4 cm³/mol. The number of fused-ring (bicyclic) bond motifs is 1. The van der Waals surface area contributed by atoms with Gasteiger partial charge < -0.3 is 10.1 Å². The lowest BCUT2D eigenvalue weighted by Gasteiger charge is -2.40. The molecule has 3 rings (SSSR count). The van der Waals surface area contributed by atoms with E-state index in [2.05, 4.69) is 35.4 Å². The molecule has 0 amide bonds. The van der Waals surface area contributed by atoms with E-state index in [-0.39, 0.29) is 5.60 Å². The topological polar surface area (TPSA) is 34.1 Å². The van der Waals surface area contributed by atoms with Crippen LogP contribution in [0, 0.1) is 6.92 Å². The Balaban J connectivity index is 1.74. The quantitative estimate of drug-likeness (QED) is 0.914. The lowest BCUT2D eigenvalue weighted by Crippen LogP contribution is -2.45. The summed E-state index contributed by atoms with van der Waals surface area (Å²) in [5, 5.41) is 4.43. The number of thiazole rings is 1. The van der Waals surface area contributed by atoms with Crippen molar-refractivity contribution in [2.75, 3.05) is 19.0 Å². The summed E-state index contributed by atoms with van der Waals surface area (Å²) >= 11 is 1.72. The smallest absolute Gasteiger partial charge is 0.183 e. The van der Waals surface area contributed by atoms with E-state index < -0.39 is 0 Å². The molecule has 3 nitrogen and oxygen atoms in total. The fourth-order valence-electron chi connectivity index (χ4n) is 2.37. The molecule has 2 aromatic rings. The zero-order chi connectivity index (χ0) is 12.6. The van der Waals surface area contributed by atoms with E-state index in [0.717, 1.165) is 30.0 Å². The molecule has 1 aromatic carbocycles. The van der Waals surface area contributed by atoms with Crippen LogP contribution < -0.4 is 5.32 Å². The first kappa shape index (κ1) is 11.9. The van der Waals surface area contributed by atoms with Crippen molar-refractivity contribution in [1.29, 1.82) is 0 Å². The third-order valence-electron chi connectivity index (χ3n) is 3.80. The number of benzene rings is 1. The molecule has 0 radical (unpaired) electrons. The van der Waals surface area contributed by atoms with Gasteiger partial charge in [-0.05, 0) is 43.9 Å². The van der Waals surface area contributed by atoms with E-state index in [9.17, 15) is 0 Å². The fourth-order valence-corrected chi connectivity index (χ4v) is 3.33. The molecule has 0 aliphatic heterocycles. The van der Waals surface area contributed by atoms with E-state index in [4.69, 9.17) is 4.74 Å². The standard InChI is InChI=1S/C14H18N2OS/c1-10-4-5-11-12(8-10)18-13(16-11)15-9-14(17-2)6-3-7-14/h4-5,8H,3,6-7,9H2,1-2H3,(H,15,16). The molecule has 0 unspecified atom stereocenters. The van der Waals surface area contributed by atoms with Gasteiger partial charge in [-0.25, -0.2) is 4.98 Å². The van der Waals surface area contributed by atoms with Crippen molar-refractivity contribution in [3.05, 3.63) is 23.8 Å². The Labute approximate surface area is 111 Å². The SMILES string of the molecule is COC1(CNc2nc3ccc(C)cc3s2)CCC1. The van der Waals surface area contributed by atoms with Crippen molar-refractivity contribution in [2.45, 2.75) is 31.8 Å². The number of hydrogen-bond acceptors (Lipinski definition) is 4. The van der Waals surface area contributed by atoms with Gasteiger partial charge in [0.05, 0.1) is 15.8 Å². The van der Waals surface area contributed by atoms with Crippen LogP contribution in [0.25, 0.3) is 10.2 Å². The average Bonchev–Trinajstić information content (AvgIpc) is 2.70. The van der Waals surface area contributed by atoms with Crippen LogP contribution in [0.5, 0.6) is 0 Å². The largest absolute Gasteiger partial charge is 0.376 e. The highest BCUT2D eigenvalue weighted by molar-refractivity contribution is 7.22. The van der Waals surface area contributed by atoms with Crippen LogP contribution >= 0.6 is 11.3 Å². The molecule has 18 heavy (non-hydrogen) atoms. The average molecular weight is 262 g/mol. The fraction of sp³-hybridized carbons (Fsp3) is 0.500. The molecule has 0 bridgehead atoms. The highest BCUT2D eigenvalue weighted by atomic mass is 32.1. The van der Waals surface area contributed by atoms with Gasteiger partial charge in [-0.3, -0.25) is 0 Å². The summed E-state index contributed by atoms with van der Waals surface area (Å²) in [7, 11) is 1.81. The van der Waals surface area contributed by atoms with Crippen molar-refractivity contribution in [3.63, 3.8) is 0 Å². The Bertz CT molecular complexity index is 554. The normalized spacial score (nSPS) is 17.7. The second-order valence-corrected chi connectivity index (χ2v) is 6.12. The third kappa shape index (κ3) is 2.10. The van der Waals surface area contributed by atoms with Crippen molar-refractivity contribution < 1.29 is 4.74 Å². The molecule has 1 aromatic heterocycles. The highest BCUT2D eigenvalue weighted by Gasteiger charge is 2.36. The second-order valence-electron chi connectivity index (χ2n) is 5.08. The number of aryl methyl sites for hydroxylation is 1. The highest BCUT2D eigenvalue weighted by Crippen LogP contribution is 2.36. The zero-order valence-corrected chi connectivity index (χ0v) is 11.6. The molecule has 0 atom stereocenters. The summed E-state index contributed by atoms with van der Waals surface area (Å²) in [5.41, 5.74) is 2.41. The van der Waals surface area contributed by atoms with Crippen molar-refractivity contribution in [1.82, 2.24) is 4.98 Å². The molecule has 1 aliphatic rings. The number of aromatic nitrogens is 1. The second kappa shape index (κ2) is 4.52. The molecule has 1 saturated carbocycles. The molecule has 96 valence electrons. The number of ether oxygens (including phenoxy) is 1. The lowest BCUT2D eigenvalue weighted by molar-refractivity contribution is -0.0601. The number of nitrogens with zero attached hydrogens (tertiary/aromatic N) is 1. The number of nitrogens with one attached hydrogen (secondary N) is 1. The maximum Gasteiger partial charge on any atom is 0.183 e. The molecule has 0 spiro atoms. The van der Waals surface area contributed by atoms with Gasteiger partial charge in [-0.2, -0.15) is 0 Å². The molecule has 1 N–H and O–H groups in total. The van der Waals surface area contributed by atoms with Gasteiger partial charge in [0.25, 0.3) is 0 Å². The minimum atomic E-state index is 0.0494. The number of hydrogen-bond donors (Lipinski definition) is 1. The molecular weight excluding hydrogens is 244 g/mol. The first-order valence-corrected chi connectivity index (χ1v) is 7.19. The van der Waals surface area contributed by atoms with E-state index in [0.29, 0.717) is 0 Å². The van der Waals surface area contributed by atoms with Crippen LogP contribution in [-0.4, -0.2) is 24.2 Å². The van der Waals surface area contributed by atoms with E-state index >= 15 is 0 Å². The predicted octanol–water partition coefficient (Wildman–Crippen LogP) is 3.59. The molecule has 0 saturated heterocycles. The van der Waals surface area contributed by atoms with Crippen molar-refractivity contribution in [2.24, 2.45) is 0 Å². The third-order valence-corrected chi connectivity index (χ3v) is 4.78. The summed E-state index contributed by atoms with van der Waals surface area (Å²) < 4.78 is 6.85.